The van der Waals surface area contributed by atoms with Gasteiger partial charge in [0.1, 0.15) is 0 Å². The average Bonchev–Trinajstić information content (AvgIpc) is 3.11. The molecule has 2 amide bonds. The van der Waals surface area contributed by atoms with Crippen molar-refractivity contribution in [2.75, 3.05) is 38.7 Å². The molecule has 9 heteroatoms. The number of hydrogen-bond donors (Lipinski definition) is 1. The van der Waals surface area contributed by atoms with Crippen molar-refractivity contribution in [2.24, 2.45) is 5.92 Å². The molecule has 2 aliphatic heterocycles. The molecule has 3 rings (SSSR count). The summed E-state index contributed by atoms with van der Waals surface area (Å²) in [6.45, 7) is 3.77. The maximum absolute atomic E-state index is 12.7. The van der Waals surface area contributed by atoms with Crippen LogP contribution in [0.2, 0.25) is 0 Å². The summed E-state index contributed by atoms with van der Waals surface area (Å²) >= 11 is 0. The highest BCUT2D eigenvalue weighted by atomic mass is 32.2. The van der Waals surface area contributed by atoms with E-state index in [1.54, 1.807) is 24.1 Å². The van der Waals surface area contributed by atoms with E-state index in [0.717, 1.165) is 19.3 Å². The van der Waals surface area contributed by atoms with E-state index < -0.39 is 15.9 Å². The van der Waals surface area contributed by atoms with Crippen molar-refractivity contribution in [3.05, 3.63) is 24.3 Å². The Labute approximate surface area is 172 Å². The van der Waals surface area contributed by atoms with E-state index in [4.69, 9.17) is 4.74 Å². The summed E-state index contributed by atoms with van der Waals surface area (Å²) in [7, 11) is -1.92. The van der Waals surface area contributed by atoms with Gasteiger partial charge in [-0.15, -0.1) is 0 Å². The number of carbonyl (C=O) groups excluding carboxylic acids is 2. The number of benzene rings is 1. The molecule has 1 aromatic carbocycles. The number of piperidine rings is 1. The van der Waals surface area contributed by atoms with E-state index in [1.165, 1.54) is 16.4 Å². The predicted molar refractivity (Wildman–Crippen MR) is 109 cm³/mol. The number of sulfonamides is 1. The summed E-state index contributed by atoms with van der Waals surface area (Å²) in [6, 6.07) is 6.15. The first kappa shape index (κ1) is 21.7. The van der Waals surface area contributed by atoms with Crippen LogP contribution in [0.25, 0.3) is 0 Å². The Morgan fingerprint density at radius 3 is 2.48 bits per heavy atom. The number of rotatable bonds is 7. The highest BCUT2D eigenvalue weighted by molar-refractivity contribution is 7.89. The first-order valence-electron chi connectivity index (χ1n) is 10.0. The van der Waals surface area contributed by atoms with Crippen LogP contribution in [0.3, 0.4) is 0 Å². The van der Waals surface area contributed by atoms with Gasteiger partial charge < -0.3 is 15.0 Å². The van der Waals surface area contributed by atoms with Crippen molar-refractivity contribution < 1.29 is 22.7 Å². The molecule has 29 heavy (non-hydrogen) atoms. The third-order valence-corrected chi connectivity index (χ3v) is 7.46. The van der Waals surface area contributed by atoms with Crippen LogP contribution in [0, 0.1) is 5.92 Å². The molecule has 2 atom stereocenters. The van der Waals surface area contributed by atoms with E-state index >= 15 is 0 Å². The number of nitrogens with zero attached hydrogens (tertiary/aromatic N) is 2. The quantitative estimate of drug-likeness (QED) is 0.720. The fourth-order valence-corrected chi connectivity index (χ4v) is 5.39. The second-order valence-corrected chi connectivity index (χ2v) is 9.67. The van der Waals surface area contributed by atoms with Crippen LogP contribution in [-0.4, -0.2) is 68.8 Å². The Morgan fingerprint density at radius 1 is 1.21 bits per heavy atom. The van der Waals surface area contributed by atoms with E-state index in [2.05, 4.69) is 5.32 Å². The highest BCUT2D eigenvalue weighted by Crippen LogP contribution is 2.24. The van der Waals surface area contributed by atoms with Gasteiger partial charge >= 0.3 is 0 Å². The van der Waals surface area contributed by atoms with E-state index in [-0.39, 0.29) is 29.2 Å². The van der Waals surface area contributed by atoms with Crippen molar-refractivity contribution in [3.8, 4) is 0 Å². The van der Waals surface area contributed by atoms with Gasteiger partial charge in [-0.25, -0.2) is 8.42 Å². The van der Waals surface area contributed by atoms with Crippen molar-refractivity contribution in [3.63, 3.8) is 0 Å². The maximum atomic E-state index is 12.7. The van der Waals surface area contributed by atoms with Crippen LogP contribution in [0.1, 0.15) is 32.6 Å². The maximum Gasteiger partial charge on any atom is 0.243 e. The molecule has 2 aliphatic rings. The Balaban J connectivity index is 1.61. The third kappa shape index (κ3) is 4.96. The molecule has 1 N–H and O–H groups in total. The molecule has 2 fully saturated rings. The standard InChI is InChI=1S/C20H29N3O5S/c1-15(14-28-2)23-13-16(12-19(23)24)20(25)21-17-6-8-18(9-7-17)29(26,27)22-10-4-3-5-11-22/h6-9,15-16H,3-5,10-14H2,1-2H3,(H,21,25)/t15-,16-/m0/s1. The minimum Gasteiger partial charge on any atom is -0.383 e. The van der Waals surface area contributed by atoms with Gasteiger partial charge in [-0.3, -0.25) is 9.59 Å². The van der Waals surface area contributed by atoms with Gasteiger partial charge in [0.25, 0.3) is 0 Å². The topological polar surface area (TPSA) is 96.0 Å². The zero-order valence-electron chi connectivity index (χ0n) is 17.0. The lowest BCUT2D eigenvalue weighted by Crippen LogP contribution is -2.38. The lowest BCUT2D eigenvalue weighted by atomic mass is 10.1. The SMILES string of the molecule is COC[C@H](C)N1C[C@@H](C(=O)Nc2ccc(S(=O)(=O)N3CCCCC3)cc2)CC1=O. The van der Waals surface area contributed by atoms with Gasteiger partial charge in [0.15, 0.2) is 0 Å². The van der Waals surface area contributed by atoms with Crippen LogP contribution in [0.15, 0.2) is 29.2 Å². The molecule has 0 aromatic heterocycles. The van der Waals surface area contributed by atoms with Gasteiger partial charge in [-0.05, 0) is 44.0 Å². The molecule has 0 aliphatic carbocycles. The van der Waals surface area contributed by atoms with Gasteiger partial charge in [-0.2, -0.15) is 4.31 Å². The monoisotopic (exact) mass is 423 g/mol. The highest BCUT2D eigenvalue weighted by Gasteiger charge is 2.36. The van der Waals surface area contributed by atoms with Crippen molar-refractivity contribution in [2.45, 2.75) is 43.5 Å². The number of hydrogen-bond acceptors (Lipinski definition) is 5. The summed E-state index contributed by atoms with van der Waals surface area (Å²) in [5.41, 5.74) is 0.517. The number of nitrogens with one attached hydrogen (secondary N) is 1. The molecule has 0 unspecified atom stereocenters. The summed E-state index contributed by atoms with van der Waals surface area (Å²) in [6.07, 6.45) is 2.99. The Bertz CT molecular complexity index is 834. The molecule has 2 heterocycles. The Hall–Kier alpha value is -1.97. The van der Waals surface area contributed by atoms with Crippen molar-refractivity contribution in [1.82, 2.24) is 9.21 Å². The van der Waals surface area contributed by atoms with E-state index in [9.17, 15) is 18.0 Å². The molecule has 0 bridgehead atoms. The normalized spacial score (nSPS) is 21.9. The number of carbonyl (C=O) groups is 2. The average molecular weight is 424 g/mol. The smallest absolute Gasteiger partial charge is 0.243 e. The number of anilines is 1. The van der Waals surface area contributed by atoms with Gasteiger partial charge in [0.2, 0.25) is 21.8 Å². The largest absolute Gasteiger partial charge is 0.383 e. The summed E-state index contributed by atoms with van der Waals surface area (Å²) in [5.74, 6) is -0.728. The first-order valence-corrected chi connectivity index (χ1v) is 11.5. The fraction of sp³-hybridized carbons (Fsp3) is 0.600. The van der Waals surface area contributed by atoms with Gasteiger partial charge in [0, 0.05) is 38.9 Å². The minimum absolute atomic E-state index is 0.0577. The number of ether oxygens (including phenoxy) is 1. The van der Waals surface area contributed by atoms with Crippen LogP contribution >= 0.6 is 0 Å². The molecule has 0 saturated carbocycles. The fourth-order valence-electron chi connectivity index (χ4n) is 3.87. The molecule has 0 spiro atoms. The lowest BCUT2D eigenvalue weighted by Gasteiger charge is -2.26. The molecular weight excluding hydrogens is 394 g/mol. The summed E-state index contributed by atoms with van der Waals surface area (Å²) < 4.78 is 32.0. The lowest BCUT2D eigenvalue weighted by molar-refractivity contribution is -0.130. The van der Waals surface area contributed by atoms with E-state index in [1.807, 2.05) is 6.92 Å². The van der Waals surface area contributed by atoms with Crippen molar-refractivity contribution in [1.29, 1.82) is 0 Å². The molecule has 160 valence electrons. The molecule has 8 nitrogen and oxygen atoms in total. The first-order chi connectivity index (χ1) is 13.8. The molecular formula is C20H29N3O5S. The summed E-state index contributed by atoms with van der Waals surface area (Å²) in [4.78, 5) is 26.6. The number of likely N-dealkylation sites (tertiary alicyclic amines) is 1. The number of methoxy groups -OCH3 is 1. The zero-order valence-corrected chi connectivity index (χ0v) is 17.8. The van der Waals surface area contributed by atoms with Crippen molar-refractivity contribution >= 4 is 27.5 Å². The molecule has 2 saturated heterocycles. The predicted octanol–water partition coefficient (Wildman–Crippen LogP) is 1.68. The third-order valence-electron chi connectivity index (χ3n) is 5.54. The second-order valence-electron chi connectivity index (χ2n) is 7.73. The minimum atomic E-state index is -3.50. The Morgan fingerprint density at radius 2 is 1.86 bits per heavy atom. The van der Waals surface area contributed by atoms with Crippen LogP contribution < -0.4 is 5.32 Å². The van der Waals surface area contributed by atoms with Crippen LogP contribution in [0.4, 0.5) is 5.69 Å². The summed E-state index contributed by atoms with van der Waals surface area (Å²) in [5, 5.41) is 2.80. The second kappa shape index (κ2) is 9.23. The number of amides is 2. The van der Waals surface area contributed by atoms with E-state index in [0.29, 0.717) is 31.9 Å². The Kier molecular flexibility index (Phi) is 6.92. The molecule has 0 radical (unpaired) electrons. The van der Waals surface area contributed by atoms with Gasteiger partial charge in [0.05, 0.1) is 23.5 Å². The van der Waals surface area contributed by atoms with Crippen LogP contribution in [-0.2, 0) is 24.3 Å². The van der Waals surface area contributed by atoms with Gasteiger partial charge in [-0.1, -0.05) is 6.42 Å². The zero-order chi connectivity index (χ0) is 21.0. The van der Waals surface area contributed by atoms with Crippen LogP contribution in [0.5, 0.6) is 0 Å². The molecule has 1 aromatic rings.